The van der Waals surface area contributed by atoms with Gasteiger partial charge in [0.2, 0.25) is 11.8 Å². The summed E-state index contributed by atoms with van der Waals surface area (Å²) in [5.74, 6) is -0.126. The number of hydrogen-bond donors (Lipinski definition) is 1. The number of amides is 2. The van der Waals surface area contributed by atoms with E-state index in [0.29, 0.717) is 36.6 Å². The minimum Gasteiger partial charge on any atom is -0.385 e. The molecule has 0 radical (unpaired) electrons. The summed E-state index contributed by atoms with van der Waals surface area (Å²) in [6.45, 7) is 11.4. The highest BCUT2D eigenvalue weighted by Gasteiger charge is 2.58. The lowest BCUT2D eigenvalue weighted by Crippen LogP contribution is -2.55. The highest BCUT2D eigenvalue weighted by molar-refractivity contribution is 6.77. The number of ether oxygens (including phenoxy) is 1. The first-order chi connectivity index (χ1) is 17.0. The Kier molecular flexibility index (Phi) is 9.01. The first-order valence-corrected chi connectivity index (χ1v) is 16.6. The van der Waals surface area contributed by atoms with Gasteiger partial charge < -0.3 is 15.0 Å². The zero-order valence-corrected chi connectivity index (χ0v) is 23.9. The summed E-state index contributed by atoms with van der Waals surface area (Å²) >= 11 is 5.90. The van der Waals surface area contributed by atoms with Crippen LogP contribution in [0.2, 0.25) is 19.6 Å². The van der Waals surface area contributed by atoms with Gasteiger partial charge in [-0.05, 0) is 61.6 Å². The fourth-order valence-electron chi connectivity index (χ4n) is 5.03. The quantitative estimate of drug-likeness (QED) is 0.355. The molecule has 3 atom stereocenters. The number of para-hydroxylation sites is 1. The predicted octanol–water partition coefficient (Wildman–Crippen LogP) is 6.22. The van der Waals surface area contributed by atoms with Gasteiger partial charge in [0.05, 0.1) is 14.1 Å². The average molecular weight is 533 g/mol. The minimum atomic E-state index is -0.983. The normalized spacial score (nSPS) is 22.1. The molecule has 4 rings (SSSR count). The number of nitrogens with zero attached hydrogens (tertiary/aromatic N) is 1. The zero-order valence-electron chi connectivity index (χ0n) is 22.2. The number of alkyl halides is 1. The third-order valence-corrected chi connectivity index (χ3v) is 10.5. The molecule has 1 saturated heterocycles. The number of nitrogens with one attached hydrogen (secondary N) is 1. The van der Waals surface area contributed by atoms with Crippen LogP contribution in [-0.2, 0) is 19.7 Å². The van der Waals surface area contributed by atoms with Crippen molar-refractivity contribution in [2.45, 2.75) is 69.9 Å². The summed E-state index contributed by atoms with van der Waals surface area (Å²) in [5.41, 5.74) is 2.72. The van der Waals surface area contributed by atoms with E-state index in [1.54, 1.807) is 18.1 Å². The van der Waals surface area contributed by atoms with Crippen LogP contribution >= 0.6 is 11.6 Å². The van der Waals surface area contributed by atoms with Gasteiger partial charge in [-0.25, -0.2) is 4.39 Å². The van der Waals surface area contributed by atoms with Gasteiger partial charge in [0.1, 0.15) is 11.2 Å². The molecule has 196 valence electrons. The molecular formula is C28H38ClFN2O3Si. The van der Waals surface area contributed by atoms with E-state index in [9.17, 15) is 14.0 Å². The number of benzene rings is 2. The van der Waals surface area contributed by atoms with Crippen LogP contribution in [0.1, 0.15) is 48.9 Å². The van der Waals surface area contributed by atoms with Gasteiger partial charge in [-0.1, -0.05) is 43.9 Å². The average Bonchev–Trinajstić information content (AvgIpc) is 3.12. The van der Waals surface area contributed by atoms with Gasteiger partial charge in [0, 0.05) is 37.4 Å². The number of anilines is 1. The van der Waals surface area contributed by atoms with Gasteiger partial charge in [0.15, 0.2) is 0 Å². The van der Waals surface area contributed by atoms with Crippen molar-refractivity contribution in [1.29, 1.82) is 0 Å². The Morgan fingerprint density at radius 1 is 1.22 bits per heavy atom. The molecule has 3 unspecified atom stereocenters. The van der Waals surface area contributed by atoms with Gasteiger partial charge in [-0.3, -0.25) is 9.59 Å². The molecule has 5 nitrogen and oxygen atoms in total. The van der Waals surface area contributed by atoms with Crippen LogP contribution < -0.4 is 5.32 Å². The maximum Gasteiger partial charge on any atom is 0.237 e. The highest BCUT2D eigenvalue weighted by atomic mass is 35.5. The van der Waals surface area contributed by atoms with Crippen LogP contribution in [0.15, 0.2) is 42.5 Å². The van der Waals surface area contributed by atoms with Crippen molar-refractivity contribution in [2.75, 3.05) is 24.9 Å². The largest absolute Gasteiger partial charge is 0.385 e. The van der Waals surface area contributed by atoms with Crippen molar-refractivity contribution in [3.05, 3.63) is 65.0 Å². The molecule has 2 amide bonds. The summed E-state index contributed by atoms with van der Waals surface area (Å²) in [4.78, 5) is 28.0. The van der Waals surface area contributed by atoms with Gasteiger partial charge in [0.25, 0.3) is 0 Å². The molecule has 8 heteroatoms. The van der Waals surface area contributed by atoms with E-state index in [1.165, 1.54) is 12.1 Å². The van der Waals surface area contributed by atoms with Crippen molar-refractivity contribution < 1.29 is 18.7 Å². The molecule has 2 aromatic carbocycles. The maximum absolute atomic E-state index is 14.2. The number of halogens is 2. The van der Waals surface area contributed by atoms with E-state index < -0.39 is 19.5 Å². The van der Waals surface area contributed by atoms with E-state index >= 15 is 0 Å². The molecule has 1 fully saturated rings. The maximum atomic E-state index is 14.2. The second-order valence-electron chi connectivity index (χ2n) is 10.7. The second-order valence-corrected chi connectivity index (χ2v) is 16.7. The fourth-order valence-corrected chi connectivity index (χ4v) is 5.85. The summed E-state index contributed by atoms with van der Waals surface area (Å²) < 4.78 is 19.4. The number of likely N-dealkylation sites (tertiary alicyclic amines) is 1. The lowest BCUT2D eigenvalue weighted by molar-refractivity contribution is -0.143. The molecule has 2 aromatic rings. The third-order valence-electron chi connectivity index (χ3n) is 7.53. The Morgan fingerprint density at radius 3 is 2.53 bits per heavy atom. The smallest absolute Gasteiger partial charge is 0.237 e. The molecule has 0 aromatic heterocycles. The van der Waals surface area contributed by atoms with Gasteiger partial charge in [-0.2, -0.15) is 0 Å². The highest BCUT2D eigenvalue weighted by Crippen LogP contribution is 2.54. The van der Waals surface area contributed by atoms with E-state index in [0.717, 1.165) is 16.8 Å². The number of aryl methyl sites for hydroxylation is 1. The van der Waals surface area contributed by atoms with E-state index in [2.05, 4.69) is 31.9 Å². The van der Waals surface area contributed by atoms with Crippen molar-refractivity contribution in [3.63, 3.8) is 0 Å². The summed E-state index contributed by atoms with van der Waals surface area (Å²) in [6, 6.07) is 11.6. The Balaban J connectivity index is 0.000000392. The van der Waals surface area contributed by atoms with E-state index in [-0.39, 0.29) is 24.1 Å². The van der Waals surface area contributed by atoms with Crippen molar-refractivity contribution >= 4 is 37.2 Å². The first-order valence-electron chi connectivity index (χ1n) is 12.5. The van der Waals surface area contributed by atoms with E-state index in [4.69, 9.17) is 16.3 Å². The zero-order chi connectivity index (χ0) is 26.7. The van der Waals surface area contributed by atoms with Crippen LogP contribution in [0, 0.1) is 12.7 Å². The van der Waals surface area contributed by atoms with Crippen molar-refractivity contribution in [3.8, 4) is 0 Å². The van der Waals surface area contributed by atoms with Gasteiger partial charge in [-0.15, -0.1) is 11.6 Å². The number of hydrogen-bond acceptors (Lipinski definition) is 3. The number of piperidine rings is 1. The molecule has 1 N–H and O–H groups in total. The summed E-state index contributed by atoms with van der Waals surface area (Å²) in [7, 11) is 0.798. The summed E-state index contributed by atoms with van der Waals surface area (Å²) in [6.07, 6.45) is 1.28. The minimum absolute atomic E-state index is 0.0263. The lowest BCUT2D eigenvalue weighted by Gasteiger charge is -2.47. The number of fused-ring (bicyclic) bond motifs is 2. The Hall–Kier alpha value is -2.22. The van der Waals surface area contributed by atoms with Crippen LogP contribution in [0.25, 0.3) is 0 Å². The molecule has 2 heterocycles. The topological polar surface area (TPSA) is 58.6 Å². The molecule has 0 saturated carbocycles. The molecule has 36 heavy (non-hydrogen) atoms. The number of carbonyl (C=O) groups excluding carboxylic acids is 2. The first kappa shape index (κ1) is 28.3. The van der Waals surface area contributed by atoms with Crippen molar-refractivity contribution in [1.82, 2.24) is 4.90 Å². The van der Waals surface area contributed by atoms with Crippen LogP contribution in [-0.4, -0.2) is 50.0 Å². The lowest BCUT2D eigenvalue weighted by atomic mass is 9.66. The monoisotopic (exact) mass is 532 g/mol. The van der Waals surface area contributed by atoms with Gasteiger partial charge >= 0.3 is 0 Å². The van der Waals surface area contributed by atoms with E-state index in [1.807, 2.05) is 31.2 Å². The third kappa shape index (κ3) is 5.53. The Bertz CT molecular complexity index is 1110. The molecule has 2 aliphatic rings. The number of rotatable bonds is 6. The fraction of sp³-hybridized carbons (Fsp3) is 0.500. The molecule has 0 aliphatic carbocycles. The summed E-state index contributed by atoms with van der Waals surface area (Å²) in [5, 5.41) is 2.99. The number of methoxy groups -OCH3 is 1. The SMILES string of the molecule is COC(C)[Si](C)(C)C.Cc1ccc(F)cc1C1N(CCCCl)C(=O)CCC12C(=O)Nc1ccccc12. The molecular weight excluding hydrogens is 495 g/mol. The molecule has 2 aliphatic heterocycles. The Labute approximate surface area is 220 Å². The van der Waals surface area contributed by atoms with Crippen LogP contribution in [0.4, 0.5) is 10.1 Å². The van der Waals surface area contributed by atoms with Crippen LogP contribution in [0.3, 0.4) is 0 Å². The van der Waals surface area contributed by atoms with Crippen LogP contribution in [0.5, 0.6) is 0 Å². The Morgan fingerprint density at radius 2 is 1.92 bits per heavy atom. The molecule has 0 bridgehead atoms. The standard InChI is InChI=1S/C22H22ClFN2O2.C6H16OSi/c1-14-7-8-15(24)13-16(14)20-22(10-9-19(27)26(20)12-4-11-23)17-5-2-3-6-18(17)25-21(22)28;1-6(7-2)8(3,4)5/h2-3,5-8,13,20H,4,9-12H2,1H3,(H,25,28);6H,1-5H3. The number of carbonyl (C=O) groups is 2. The predicted molar refractivity (Wildman–Crippen MR) is 147 cm³/mol. The molecule has 1 spiro atoms. The van der Waals surface area contributed by atoms with Crippen molar-refractivity contribution in [2.24, 2.45) is 0 Å². The second kappa shape index (κ2) is 11.4.